The summed E-state index contributed by atoms with van der Waals surface area (Å²) >= 11 is 0. The van der Waals surface area contributed by atoms with Gasteiger partial charge in [-0.25, -0.2) is 19.7 Å². The molecule has 0 unspecified atom stereocenters. The first-order valence-corrected chi connectivity index (χ1v) is 8.82. The van der Waals surface area contributed by atoms with Crippen LogP contribution in [0.15, 0.2) is 30.7 Å². The topological polar surface area (TPSA) is 74.2 Å². The molecule has 0 spiro atoms. The fourth-order valence-electron chi connectivity index (χ4n) is 3.60. The Morgan fingerprint density at radius 3 is 2.96 bits per heavy atom. The van der Waals surface area contributed by atoms with Crippen LogP contribution < -0.4 is 10.2 Å². The standard InChI is InChI=1S/C18H22N6O/c1-2-16-20-9-14(10-21-16)22-18(25)23-11-13-5-3-7-19-17(13)24-8-4-6-15(24)12-23/h3,5,7,9-10,15H,2,4,6,8,11-12H2,1H3,(H,22,25)/t15-/m1/s1. The molecule has 4 rings (SSSR count). The maximum Gasteiger partial charge on any atom is 0.322 e. The Hall–Kier alpha value is -2.70. The van der Waals surface area contributed by atoms with Gasteiger partial charge in [-0.3, -0.25) is 0 Å². The number of amides is 2. The average molecular weight is 338 g/mol. The third-order valence-corrected chi connectivity index (χ3v) is 4.87. The van der Waals surface area contributed by atoms with Crippen LogP contribution in [-0.2, 0) is 13.0 Å². The van der Waals surface area contributed by atoms with Crippen molar-refractivity contribution in [2.45, 2.75) is 38.8 Å². The number of carbonyl (C=O) groups is 1. The van der Waals surface area contributed by atoms with Crippen molar-refractivity contribution in [1.82, 2.24) is 19.9 Å². The second kappa shape index (κ2) is 6.66. The summed E-state index contributed by atoms with van der Waals surface area (Å²) in [6.45, 7) is 4.28. The lowest BCUT2D eigenvalue weighted by Gasteiger charge is -2.26. The van der Waals surface area contributed by atoms with Gasteiger partial charge >= 0.3 is 6.03 Å². The van der Waals surface area contributed by atoms with Gasteiger partial charge in [0.1, 0.15) is 11.6 Å². The second-order valence-corrected chi connectivity index (χ2v) is 6.53. The smallest absolute Gasteiger partial charge is 0.322 e. The molecule has 2 aliphatic heterocycles. The second-order valence-electron chi connectivity index (χ2n) is 6.53. The van der Waals surface area contributed by atoms with Crippen molar-refractivity contribution in [2.75, 3.05) is 23.3 Å². The van der Waals surface area contributed by atoms with E-state index in [9.17, 15) is 4.79 Å². The van der Waals surface area contributed by atoms with E-state index in [1.54, 1.807) is 12.4 Å². The van der Waals surface area contributed by atoms with Crippen LogP contribution in [0, 0.1) is 0 Å². The Morgan fingerprint density at radius 1 is 1.32 bits per heavy atom. The number of aryl methyl sites for hydroxylation is 1. The summed E-state index contributed by atoms with van der Waals surface area (Å²) in [5, 5.41) is 2.92. The number of anilines is 2. The van der Waals surface area contributed by atoms with E-state index in [0.29, 0.717) is 24.8 Å². The maximum atomic E-state index is 12.8. The number of urea groups is 1. The summed E-state index contributed by atoms with van der Waals surface area (Å²) in [6, 6.07) is 4.21. The molecule has 1 saturated heterocycles. The van der Waals surface area contributed by atoms with Crippen molar-refractivity contribution in [2.24, 2.45) is 0 Å². The molecule has 0 saturated carbocycles. The first kappa shape index (κ1) is 15.8. The molecule has 2 aliphatic rings. The van der Waals surface area contributed by atoms with Crippen molar-refractivity contribution in [3.05, 3.63) is 42.1 Å². The predicted octanol–water partition coefficient (Wildman–Crippen LogP) is 2.45. The van der Waals surface area contributed by atoms with Gasteiger partial charge in [-0.05, 0) is 18.9 Å². The summed E-state index contributed by atoms with van der Waals surface area (Å²) < 4.78 is 0. The molecule has 1 fully saturated rings. The SMILES string of the molecule is CCc1ncc(NC(=O)N2Cc3cccnc3N3CCC[C@@H]3C2)cn1. The third-order valence-electron chi connectivity index (χ3n) is 4.87. The minimum Gasteiger partial charge on any atom is -0.352 e. The van der Waals surface area contributed by atoms with Gasteiger partial charge in [-0.15, -0.1) is 0 Å². The summed E-state index contributed by atoms with van der Waals surface area (Å²) in [7, 11) is 0. The van der Waals surface area contributed by atoms with Crippen LogP contribution in [0.25, 0.3) is 0 Å². The van der Waals surface area contributed by atoms with E-state index < -0.39 is 0 Å². The van der Waals surface area contributed by atoms with E-state index in [1.165, 1.54) is 0 Å². The monoisotopic (exact) mass is 338 g/mol. The van der Waals surface area contributed by atoms with E-state index in [4.69, 9.17) is 0 Å². The lowest BCUT2D eigenvalue weighted by Crippen LogP contribution is -2.42. The number of carbonyl (C=O) groups excluding carboxylic acids is 1. The molecule has 1 atom stereocenters. The van der Waals surface area contributed by atoms with Crippen LogP contribution in [0.4, 0.5) is 16.3 Å². The van der Waals surface area contributed by atoms with E-state index in [-0.39, 0.29) is 6.03 Å². The van der Waals surface area contributed by atoms with Crippen LogP contribution in [-0.4, -0.2) is 45.0 Å². The van der Waals surface area contributed by atoms with Crippen LogP contribution in [0.3, 0.4) is 0 Å². The zero-order chi connectivity index (χ0) is 17.2. The molecule has 4 heterocycles. The third kappa shape index (κ3) is 3.14. The first-order valence-electron chi connectivity index (χ1n) is 8.82. The lowest BCUT2D eigenvalue weighted by molar-refractivity contribution is 0.207. The van der Waals surface area contributed by atoms with E-state index in [0.717, 1.165) is 43.0 Å². The minimum absolute atomic E-state index is 0.114. The van der Waals surface area contributed by atoms with Crippen molar-refractivity contribution >= 4 is 17.5 Å². The Labute approximate surface area is 147 Å². The number of pyridine rings is 1. The van der Waals surface area contributed by atoms with Gasteiger partial charge in [-0.1, -0.05) is 13.0 Å². The van der Waals surface area contributed by atoms with Gasteiger partial charge in [0.05, 0.1) is 24.6 Å². The molecular formula is C18H22N6O. The molecule has 0 aliphatic carbocycles. The highest BCUT2D eigenvalue weighted by molar-refractivity contribution is 5.89. The highest BCUT2D eigenvalue weighted by atomic mass is 16.2. The summed E-state index contributed by atoms with van der Waals surface area (Å²) in [5.74, 6) is 1.80. The predicted molar refractivity (Wildman–Crippen MR) is 95.4 cm³/mol. The number of rotatable bonds is 2. The molecule has 7 heteroatoms. The Kier molecular flexibility index (Phi) is 4.21. The minimum atomic E-state index is -0.114. The van der Waals surface area contributed by atoms with Crippen LogP contribution >= 0.6 is 0 Å². The van der Waals surface area contributed by atoms with Gasteiger partial charge in [0.15, 0.2) is 0 Å². The number of nitrogens with one attached hydrogen (secondary N) is 1. The van der Waals surface area contributed by atoms with E-state index in [1.807, 2.05) is 24.1 Å². The van der Waals surface area contributed by atoms with Gasteiger partial charge in [0.2, 0.25) is 0 Å². The molecule has 2 aromatic heterocycles. The van der Waals surface area contributed by atoms with Crippen LogP contribution in [0.1, 0.15) is 31.2 Å². The fraction of sp³-hybridized carbons (Fsp3) is 0.444. The average Bonchev–Trinajstić information content (AvgIpc) is 3.04. The van der Waals surface area contributed by atoms with Crippen molar-refractivity contribution in [1.29, 1.82) is 0 Å². The van der Waals surface area contributed by atoms with Gasteiger partial charge in [-0.2, -0.15) is 0 Å². The van der Waals surface area contributed by atoms with Gasteiger partial charge in [0.25, 0.3) is 0 Å². The number of hydrogen-bond donors (Lipinski definition) is 1. The summed E-state index contributed by atoms with van der Waals surface area (Å²) in [5.41, 5.74) is 1.72. The van der Waals surface area contributed by atoms with E-state index in [2.05, 4.69) is 31.2 Å². The Bertz CT molecular complexity index is 762. The Morgan fingerprint density at radius 2 is 2.16 bits per heavy atom. The first-order chi connectivity index (χ1) is 12.2. The number of hydrogen-bond acceptors (Lipinski definition) is 5. The van der Waals surface area contributed by atoms with Crippen LogP contribution in [0.2, 0.25) is 0 Å². The van der Waals surface area contributed by atoms with Gasteiger partial charge in [0, 0.05) is 37.3 Å². The zero-order valence-corrected chi connectivity index (χ0v) is 14.4. The number of fused-ring (bicyclic) bond motifs is 3. The molecule has 0 bridgehead atoms. The number of nitrogens with zero attached hydrogens (tertiary/aromatic N) is 5. The molecule has 2 amide bonds. The highest BCUT2D eigenvalue weighted by Gasteiger charge is 2.33. The quantitative estimate of drug-likeness (QED) is 0.910. The molecule has 7 nitrogen and oxygen atoms in total. The van der Waals surface area contributed by atoms with Crippen molar-refractivity contribution < 1.29 is 4.79 Å². The van der Waals surface area contributed by atoms with Crippen LogP contribution in [0.5, 0.6) is 0 Å². The molecule has 1 N–H and O–H groups in total. The zero-order valence-electron chi connectivity index (χ0n) is 14.4. The van der Waals surface area contributed by atoms with Crippen molar-refractivity contribution in [3.63, 3.8) is 0 Å². The fourth-order valence-corrected chi connectivity index (χ4v) is 3.60. The normalized spacial score (nSPS) is 19.2. The summed E-state index contributed by atoms with van der Waals surface area (Å²) in [4.78, 5) is 30.1. The highest BCUT2D eigenvalue weighted by Crippen LogP contribution is 2.31. The maximum absolute atomic E-state index is 12.8. The van der Waals surface area contributed by atoms with E-state index >= 15 is 0 Å². The Balaban J connectivity index is 1.54. The van der Waals surface area contributed by atoms with Gasteiger partial charge < -0.3 is 15.1 Å². The summed E-state index contributed by atoms with van der Waals surface area (Å²) in [6.07, 6.45) is 8.17. The van der Waals surface area contributed by atoms with Crippen molar-refractivity contribution in [3.8, 4) is 0 Å². The molecule has 25 heavy (non-hydrogen) atoms. The molecule has 0 radical (unpaired) electrons. The largest absolute Gasteiger partial charge is 0.352 e. The molecular weight excluding hydrogens is 316 g/mol. The molecule has 2 aromatic rings. The lowest BCUT2D eigenvalue weighted by atomic mass is 10.2. The number of aromatic nitrogens is 3. The molecule has 130 valence electrons. The molecule has 0 aromatic carbocycles.